The number of benzene rings is 2. The zero-order chi connectivity index (χ0) is 24.9. The van der Waals surface area contributed by atoms with Gasteiger partial charge in [0.1, 0.15) is 6.10 Å². The summed E-state index contributed by atoms with van der Waals surface area (Å²) in [5, 5.41) is 0. The van der Waals surface area contributed by atoms with E-state index in [9.17, 15) is 9.59 Å². The lowest BCUT2D eigenvalue weighted by Gasteiger charge is -2.19. The predicted molar refractivity (Wildman–Crippen MR) is 135 cm³/mol. The van der Waals surface area contributed by atoms with E-state index >= 15 is 0 Å². The molecule has 2 aromatic carbocycles. The van der Waals surface area contributed by atoms with Crippen LogP contribution in [0.25, 0.3) is 5.57 Å². The lowest BCUT2D eigenvalue weighted by atomic mass is 10.1. The number of hydrogen-bond donors (Lipinski definition) is 0. The number of hydrogen-bond acceptors (Lipinski definition) is 5. The Morgan fingerprint density at radius 1 is 1.00 bits per heavy atom. The van der Waals surface area contributed by atoms with Gasteiger partial charge in [-0.25, -0.2) is 0 Å². The number of likely N-dealkylation sites (N-methyl/N-ethyl adjacent to an activating group) is 1. The molecule has 6 heteroatoms. The topological polar surface area (TPSA) is 65.1 Å². The standard InChI is InChI=1S/C28H37NO5/c1-6-29(7-2)27(30)19-21(4)24-16-17-25(34-22(5)23-13-10-9-11-14-23)26(20-24)33-18-12-15-28(31)32-8-3/h9-11,13-14,16-17,19-20,22H,6-8,12,15,18H2,1-5H3/b21-19+. The van der Waals surface area contributed by atoms with Crippen LogP contribution < -0.4 is 9.47 Å². The Morgan fingerprint density at radius 2 is 1.71 bits per heavy atom. The quantitative estimate of drug-likeness (QED) is 0.211. The lowest BCUT2D eigenvalue weighted by molar-refractivity contribution is -0.143. The minimum Gasteiger partial charge on any atom is -0.490 e. The van der Waals surface area contributed by atoms with Crippen molar-refractivity contribution in [1.82, 2.24) is 4.90 Å². The summed E-state index contributed by atoms with van der Waals surface area (Å²) in [6.07, 6.45) is 2.31. The molecule has 0 aliphatic carbocycles. The van der Waals surface area contributed by atoms with Gasteiger partial charge in [0, 0.05) is 25.6 Å². The van der Waals surface area contributed by atoms with E-state index in [0.717, 1.165) is 16.7 Å². The molecule has 0 bridgehead atoms. The number of amides is 1. The highest BCUT2D eigenvalue weighted by atomic mass is 16.5. The molecular formula is C28H37NO5. The Hall–Kier alpha value is -3.28. The van der Waals surface area contributed by atoms with E-state index in [0.29, 0.717) is 50.6 Å². The van der Waals surface area contributed by atoms with Crippen LogP contribution in [0.5, 0.6) is 11.5 Å². The molecule has 0 heterocycles. The molecule has 0 radical (unpaired) electrons. The summed E-state index contributed by atoms with van der Waals surface area (Å²) in [5.74, 6) is 0.937. The van der Waals surface area contributed by atoms with Crippen LogP contribution in [-0.4, -0.2) is 43.1 Å². The van der Waals surface area contributed by atoms with E-state index in [4.69, 9.17) is 14.2 Å². The Balaban J connectivity index is 2.23. The molecule has 1 amide bonds. The van der Waals surface area contributed by atoms with Crippen LogP contribution in [0.15, 0.2) is 54.6 Å². The summed E-state index contributed by atoms with van der Waals surface area (Å²) < 4.78 is 17.2. The number of ether oxygens (including phenoxy) is 3. The fourth-order valence-corrected chi connectivity index (χ4v) is 3.47. The predicted octanol–water partition coefficient (Wildman–Crippen LogP) is 5.82. The summed E-state index contributed by atoms with van der Waals surface area (Å²) >= 11 is 0. The molecule has 2 rings (SSSR count). The third-order valence-corrected chi connectivity index (χ3v) is 5.48. The first-order chi connectivity index (χ1) is 16.4. The van der Waals surface area contributed by atoms with Crippen molar-refractivity contribution in [2.45, 2.75) is 53.6 Å². The molecule has 2 aromatic rings. The van der Waals surface area contributed by atoms with Crippen LogP contribution >= 0.6 is 0 Å². The van der Waals surface area contributed by atoms with Crippen molar-refractivity contribution in [1.29, 1.82) is 0 Å². The molecule has 1 unspecified atom stereocenters. The second kappa shape index (κ2) is 14.1. The molecule has 0 fully saturated rings. The number of esters is 1. The Morgan fingerprint density at radius 3 is 2.35 bits per heavy atom. The summed E-state index contributed by atoms with van der Waals surface area (Å²) in [6.45, 7) is 11.7. The maximum atomic E-state index is 12.5. The van der Waals surface area contributed by atoms with Crippen LogP contribution in [0.1, 0.15) is 64.7 Å². The summed E-state index contributed by atoms with van der Waals surface area (Å²) in [7, 11) is 0. The van der Waals surface area contributed by atoms with E-state index in [2.05, 4.69) is 0 Å². The van der Waals surface area contributed by atoms with Gasteiger partial charge in [0.15, 0.2) is 11.5 Å². The van der Waals surface area contributed by atoms with Gasteiger partial charge in [-0.15, -0.1) is 0 Å². The highest BCUT2D eigenvalue weighted by Crippen LogP contribution is 2.34. The third-order valence-electron chi connectivity index (χ3n) is 5.48. The van der Waals surface area contributed by atoms with Crippen molar-refractivity contribution in [2.75, 3.05) is 26.3 Å². The fourth-order valence-electron chi connectivity index (χ4n) is 3.47. The molecule has 0 N–H and O–H groups in total. The van der Waals surface area contributed by atoms with Gasteiger partial charge < -0.3 is 19.1 Å². The van der Waals surface area contributed by atoms with Gasteiger partial charge in [0.2, 0.25) is 5.91 Å². The van der Waals surface area contributed by atoms with E-state index in [1.165, 1.54) is 0 Å². The first-order valence-electron chi connectivity index (χ1n) is 12.0. The highest BCUT2D eigenvalue weighted by molar-refractivity contribution is 5.95. The molecule has 0 aliphatic heterocycles. The van der Waals surface area contributed by atoms with Gasteiger partial charge in [0.25, 0.3) is 0 Å². The first-order valence-corrected chi connectivity index (χ1v) is 12.0. The van der Waals surface area contributed by atoms with Gasteiger partial charge in [-0.3, -0.25) is 9.59 Å². The summed E-state index contributed by atoms with van der Waals surface area (Å²) in [4.78, 5) is 25.9. The maximum Gasteiger partial charge on any atom is 0.305 e. The third kappa shape index (κ3) is 8.25. The molecule has 6 nitrogen and oxygen atoms in total. The Labute approximate surface area is 203 Å². The van der Waals surface area contributed by atoms with Crippen molar-refractivity contribution in [2.24, 2.45) is 0 Å². The molecule has 0 saturated heterocycles. The summed E-state index contributed by atoms with van der Waals surface area (Å²) in [6, 6.07) is 15.7. The minimum absolute atomic E-state index is 0.0163. The van der Waals surface area contributed by atoms with Gasteiger partial charge in [-0.2, -0.15) is 0 Å². The van der Waals surface area contributed by atoms with E-state index in [1.807, 2.05) is 76.2 Å². The molecule has 0 aromatic heterocycles. The Kier molecular flexibility index (Phi) is 11.2. The largest absolute Gasteiger partial charge is 0.490 e. The second-order valence-electron chi connectivity index (χ2n) is 7.93. The number of carbonyl (C=O) groups is 2. The number of allylic oxidation sites excluding steroid dienone is 1. The molecule has 0 saturated carbocycles. The maximum absolute atomic E-state index is 12.5. The van der Waals surface area contributed by atoms with Crippen LogP contribution in [0.4, 0.5) is 0 Å². The van der Waals surface area contributed by atoms with Gasteiger partial charge in [-0.1, -0.05) is 36.4 Å². The highest BCUT2D eigenvalue weighted by Gasteiger charge is 2.14. The Bertz CT molecular complexity index is 951. The molecule has 184 valence electrons. The van der Waals surface area contributed by atoms with Crippen molar-refractivity contribution in [3.05, 3.63) is 65.7 Å². The normalized spacial score (nSPS) is 12.1. The molecular weight excluding hydrogens is 430 g/mol. The zero-order valence-corrected chi connectivity index (χ0v) is 21.0. The van der Waals surface area contributed by atoms with Crippen LogP contribution in [-0.2, 0) is 14.3 Å². The van der Waals surface area contributed by atoms with Crippen LogP contribution in [0.2, 0.25) is 0 Å². The van der Waals surface area contributed by atoms with Gasteiger partial charge in [-0.05, 0) is 69.9 Å². The van der Waals surface area contributed by atoms with Gasteiger partial charge in [0.05, 0.1) is 13.2 Å². The average molecular weight is 468 g/mol. The number of nitrogens with zero attached hydrogens (tertiary/aromatic N) is 1. The van der Waals surface area contributed by atoms with Crippen molar-refractivity contribution in [3.8, 4) is 11.5 Å². The van der Waals surface area contributed by atoms with E-state index in [-0.39, 0.29) is 18.0 Å². The number of rotatable bonds is 13. The van der Waals surface area contributed by atoms with Crippen molar-refractivity contribution in [3.63, 3.8) is 0 Å². The smallest absolute Gasteiger partial charge is 0.305 e. The minimum atomic E-state index is -0.234. The number of carbonyl (C=O) groups excluding carboxylic acids is 2. The van der Waals surface area contributed by atoms with Gasteiger partial charge >= 0.3 is 5.97 Å². The molecule has 0 aliphatic rings. The van der Waals surface area contributed by atoms with Crippen molar-refractivity contribution < 1.29 is 23.8 Å². The van der Waals surface area contributed by atoms with E-state index < -0.39 is 0 Å². The molecule has 34 heavy (non-hydrogen) atoms. The average Bonchev–Trinajstić information content (AvgIpc) is 2.84. The first kappa shape index (κ1) is 27.0. The van der Waals surface area contributed by atoms with Crippen molar-refractivity contribution >= 4 is 17.4 Å². The van der Waals surface area contributed by atoms with Crippen LogP contribution in [0, 0.1) is 0 Å². The zero-order valence-electron chi connectivity index (χ0n) is 21.0. The fraction of sp³-hybridized carbons (Fsp3) is 0.429. The monoisotopic (exact) mass is 467 g/mol. The van der Waals surface area contributed by atoms with E-state index in [1.54, 1.807) is 17.9 Å². The molecule has 1 atom stereocenters. The summed E-state index contributed by atoms with van der Waals surface area (Å²) in [5.41, 5.74) is 2.78. The molecule has 0 spiro atoms. The second-order valence-corrected chi connectivity index (χ2v) is 7.93. The van der Waals surface area contributed by atoms with Crippen LogP contribution in [0.3, 0.4) is 0 Å². The SMILES string of the molecule is CCOC(=O)CCCOc1cc(/C(C)=C/C(=O)N(CC)CC)ccc1OC(C)c1ccccc1. The lowest BCUT2D eigenvalue weighted by Crippen LogP contribution is -2.28.